The van der Waals surface area contributed by atoms with E-state index in [9.17, 15) is 8.42 Å². The molecule has 0 spiro atoms. The molecule has 0 aliphatic carbocycles. The van der Waals surface area contributed by atoms with E-state index in [0.717, 1.165) is 12.8 Å². The van der Waals surface area contributed by atoms with Crippen molar-refractivity contribution in [1.82, 2.24) is 0 Å². The van der Waals surface area contributed by atoms with E-state index in [1.165, 1.54) is 12.1 Å². The second-order valence-corrected chi connectivity index (χ2v) is 5.48. The van der Waals surface area contributed by atoms with Gasteiger partial charge in [0.05, 0.1) is 11.5 Å². The van der Waals surface area contributed by atoms with Crippen LogP contribution in [-0.2, 0) is 10.1 Å². The minimum Gasteiger partial charge on any atom is -0.493 e. The molecule has 0 unspecified atom stereocenters. The van der Waals surface area contributed by atoms with Gasteiger partial charge in [0.1, 0.15) is 5.75 Å². The second kappa shape index (κ2) is 5.51. The van der Waals surface area contributed by atoms with E-state index in [2.05, 4.69) is 6.92 Å². The van der Waals surface area contributed by atoms with Crippen molar-refractivity contribution < 1.29 is 17.7 Å². The van der Waals surface area contributed by atoms with Crippen LogP contribution >= 0.6 is 0 Å². The zero-order chi connectivity index (χ0) is 13.1. The van der Waals surface area contributed by atoms with Crippen LogP contribution in [-0.4, -0.2) is 19.6 Å². The Morgan fingerprint density at radius 3 is 2.18 bits per heavy atom. The topological polar surface area (TPSA) is 63.6 Å². The number of aryl methyl sites for hydroxylation is 2. The van der Waals surface area contributed by atoms with Crippen LogP contribution in [0.3, 0.4) is 0 Å². The van der Waals surface area contributed by atoms with Gasteiger partial charge in [0.15, 0.2) is 0 Å². The largest absolute Gasteiger partial charge is 0.493 e. The highest BCUT2D eigenvalue weighted by Gasteiger charge is 2.14. The summed E-state index contributed by atoms with van der Waals surface area (Å²) in [5.41, 5.74) is 1.43. The summed E-state index contributed by atoms with van der Waals surface area (Å²) in [6.45, 7) is 6.22. The summed E-state index contributed by atoms with van der Waals surface area (Å²) >= 11 is 0. The number of hydrogen-bond acceptors (Lipinski definition) is 3. The molecular formula is C12H18O4S. The highest BCUT2D eigenvalue weighted by atomic mass is 32.2. The maximum atomic E-state index is 11.0. The highest BCUT2D eigenvalue weighted by molar-refractivity contribution is 7.85. The molecule has 0 bridgehead atoms. The standard InChI is InChI=1S/C12H18O4S/c1-4-5-6-16-12-9(2)7-11(8-10(12)3)17(13,14)15/h7-8H,4-6H2,1-3H3,(H,13,14,15). The van der Waals surface area contributed by atoms with E-state index >= 15 is 0 Å². The van der Waals surface area contributed by atoms with Gasteiger partial charge >= 0.3 is 0 Å². The summed E-state index contributed by atoms with van der Waals surface area (Å²) in [7, 11) is -4.15. The van der Waals surface area contributed by atoms with Crippen molar-refractivity contribution in [3.8, 4) is 5.75 Å². The normalized spacial score (nSPS) is 11.5. The molecule has 0 fully saturated rings. The lowest BCUT2D eigenvalue weighted by Crippen LogP contribution is -2.04. The van der Waals surface area contributed by atoms with Crippen LogP contribution in [0.4, 0.5) is 0 Å². The smallest absolute Gasteiger partial charge is 0.294 e. The van der Waals surface area contributed by atoms with Crippen molar-refractivity contribution in [3.05, 3.63) is 23.3 Å². The summed E-state index contributed by atoms with van der Waals surface area (Å²) in [6, 6.07) is 2.84. The maximum Gasteiger partial charge on any atom is 0.294 e. The average Bonchev–Trinajstić information content (AvgIpc) is 2.20. The fourth-order valence-corrected chi connectivity index (χ4v) is 2.26. The summed E-state index contributed by atoms with van der Waals surface area (Å²) in [4.78, 5) is -0.0876. The monoisotopic (exact) mass is 258 g/mol. The predicted molar refractivity (Wildman–Crippen MR) is 66.1 cm³/mol. The van der Waals surface area contributed by atoms with Crippen LogP contribution in [0.15, 0.2) is 17.0 Å². The van der Waals surface area contributed by atoms with Crippen LogP contribution in [0.1, 0.15) is 30.9 Å². The maximum absolute atomic E-state index is 11.0. The first kappa shape index (κ1) is 14.0. The van der Waals surface area contributed by atoms with Crippen molar-refractivity contribution in [3.63, 3.8) is 0 Å². The molecule has 0 aromatic heterocycles. The van der Waals surface area contributed by atoms with Gasteiger partial charge in [-0.25, -0.2) is 0 Å². The minimum atomic E-state index is -4.15. The molecule has 0 radical (unpaired) electrons. The van der Waals surface area contributed by atoms with Crippen LogP contribution in [0.5, 0.6) is 5.75 Å². The number of unbranched alkanes of at least 4 members (excludes halogenated alkanes) is 1. The van der Waals surface area contributed by atoms with Gasteiger partial charge in [-0.05, 0) is 43.5 Å². The van der Waals surface area contributed by atoms with Crippen molar-refractivity contribution >= 4 is 10.1 Å². The Kier molecular flexibility index (Phi) is 4.54. The lowest BCUT2D eigenvalue weighted by atomic mass is 10.1. The van der Waals surface area contributed by atoms with Crippen molar-refractivity contribution in [2.24, 2.45) is 0 Å². The minimum absolute atomic E-state index is 0.0876. The molecule has 1 aromatic carbocycles. The summed E-state index contributed by atoms with van der Waals surface area (Å²) in [5.74, 6) is 0.700. The Bertz CT molecular complexity index is 468. The van der Waals surface area contributed by atoms with Crippen molar-refractivity contribution in [2.45, 2.75) is 38.5 Å². The van der Waals surface area contributed by atoms with Crippen LogP contribution in [0, 0.1) is 13.8 Å². The molecular weight excluding hydrogens is 240 g/mol. The number of hydrogen-bond donors (Lipinski definition) is 1. The fraction of sp³-hybridized carbons (Fsp3) is 0.500. The third-order valence-electron chi connectivity index (χ3n) is 2.48. The Morgan fingerprint density at radius 1 is 1.24 bits per heavy atom. The molecule has 5 heteroatoms. The van der Waals surface area contributed by atoms with Gasteiger partial charge in [0.25, 0.3) is 10.1 Å². The summed E-state index contributed by atoms with van der Waals surface area (Å²) in [5, 5.41) is 0. The van der Waals surface area contributed by atoms with E-state index in [1.807, 2.05) is 0 Å². The van der Waals surface area contributed by atoms with E-state index in [0.29, 0.717) is 23.5 Å². The SMILES string of the molecule is CCCCOc1c(C)cc(S(=O)(=O)O)cc1C. The third-order valence-corrected chi connectivity index (χ3v) is 3.31. The van der Waals surface area contributed by atoms with E-state index < -0.39 is 10.1 Å². The van der Waals surface area contributed by atoms with Gasteiger partial charge in [0, 0.05) is 0 Å². The average molecular weight is 258 g/mol. The quantitative estimate of drug-likeness (QED) is 0.651. The number of ether oxygens (including phenoxy) is 1. The molecule has 1 aromatic rings. The van der Waals surface area contributed by atoms with E-state index in [-0.39, 0.29) is 4.90 Å². The summed E-state index contributed by atoms with van der Waals surface area (Å²) in [6.07, 6.45) is 2.00. The molecule has 17 heavy (non-hydrogen) atoms. The van der Waals surface area contributed by atoms with E-state index in [1.54, 1.807) is 13.8 Å². The van der Waals surface area contributed by atoms with Gasteiger partial charge in [-0.3, -0.25) is 4.55 Å². The molecule has 0 saturated carbocycles. The number of rotatable bonds is 5. The Morgan fingerprint density at radius 2 is 1.76 bits per heavy atom. The third kappa shape index (κ3) is 3.71. The Labute approximate surface area is 102 Å². The van der Waals surface area contributed by atoms with Gasteiger partial charge < -0.3 is 4.74 Å². The van der Waals surface area contributed by atoms with E-state index in [4.69, 9.17) is 9.29 Å². The Balaban J connectivity index is 3.03. The zero-order valence-corrected chi connectivity index (χ0v) is 11.2. The molecule has 0 atom stereocenters. The van der Waals surface area contributed by atoms with Gasteiger partial charge in [-0.15, -0.1) is 0 Å². The van der Waals surface area contributed by atoms with Gasteiger partial charge in [-0.1, -0.05) is 13.3 Å². The van der Waals surface area contributed by atoms with Crippen molar-refractivity contribution in [1.29, 1.82) is 0 Å². The van der Waals surface area contributed by atoms with Crippen LogP contribution < -0.4 is 4.74 Å². The molecule has 4 nitrogen and oxygen atoms in total. The Hall–Kier alpha value is -1.07. The molecule has 0 amide bonds. The second-order valence-electron chi connectivity index (χ2n) is 4.06. The molecule has 0 aliphatic rings. The van der Waals surface area contributed by atoms with Crippen LogP contribution in [0.25, 0.3) is 0 Å². The lowest BCUT2D eigenvalue weighted by Gasteiger charge is -2.12. The summed E-state index contributed by atoms with van der Waals surface area (Å²) < 4.78 is 36.6. The zero-order valence-electron chi connectivity index (χ0n) is 10.4. The van der Waals surface area contributed by atoms with Crippen LogP contribution in [0.2, 0.25) is 0 Å². The molecule has 96 valence electrons. The fourth-order valence-electron chi connectivity index (χ4n) is 1.61. The molecule has 0 heterocycles. The molecule has 0 saturated heterocycles. The lowest BCUT2D eigenvalue weighted by molar-refractivity contribution is 0.305. The van der Waals surface area contributed by atoms with Gasteiger partial charge in [0.2, 0.25) is 0 Å². The highest BCUT2D eigenvalue weighted by Crippen LogP contribution is 2.26. The van der Waals surface area contributed by atoms with Crippen molar-refractivity contribution in [2.75, 3.05) is 6.61 Å². The first-order valence-corrected chi connectivity index (χ1v) is 7.01. The number of benzene rings is 1. The molecule has 0 aliphatic heterocycles. The molecule has 1 N–H and O–H groups in total. The first-order valence-electron chi connectivity index (χ1n) is 5.57. The van der Waals surface area contributed by atoms with Gasteiger partial charge in [-0.2, -0.15) is 8.42 Å². The predicted octanol–water partition coefficient (Wildman–Crippen LogP) is 2.73. The molecule has 1 rings (SSSR count). The first-order chi connectivity index (χ1) is 7.86.